The first-order chi connectivity index (χ1) is 12.0. The average molecular weight is 374 g/mol. The second-order valence-electron chi connectivity index (χ2n) is 6.40. The van der Waals surface area contributed by atoms with Gasteiger partial charge in [-0.15, -0.1) is 0 Å². The van der Waals surface area contributed by atoms with E-state index in [1.54, 1.807) is 0 Å². The molecule has 1 atom stereocenters. The Hall–Kier alpha value is -2.38. The number of esters is 2. The molecule has 8 heteroatoms. The Balaban J connectivity index is 3.67. The molecular weight excluding hydrogens is 350 g/mol. The van der Waals surface area contributed by atoms with Gasteiger partial charge in [-0.25, -0.2) is 8.78 Å². The molecule has 1 unspecified atom stereocenters. The van der Waals surface area contributed by atoms with E-state index < -0.39 is 29.4 Å². The maximum absolute atomic E-state index is 14.2. The number of rotatable bonds is 7. The molecular formula is C18H24F2O6. The monoisotopic (exact) mass is 374 g/mol. The molecule has 0 N–H and O–H groups in total. The van der Waals surface area contributed by atoms with Crippen LogP contribution in [0.5, 0.6) is 11.5 Å². The highest BCUT2D eigenvalue weighted by Gasteiger charge is 2.59. The number of alkyl halides is 2. The topological polar surface area (TPSA) is 71.1 Å². The fourth-order valence-corrected chi connectivity index (χ4v) is 2.31. The van der Waals surface area contributed by atoms with Crippen LogP contribution in [0.2, 0.25) is 0 Å². The van der Waals surface area contributed by atoms with Crippen LogP contribution in [0.1, 0.15) is 33.3 Å². The third-order valence-electron chi connectivity index (χ3n) is 3.48. The molecule has 0 spiro atoms. The SMILES string of the molecule is CCOC(=O)C(C(=O)OC(C)(C)C)(c1ccc(OC)c(OC)c1)C(F)F. The van der Waals surface area contributed by atoms with Crippen molar-refractivity contribution in [1.29, 1.82) is 0 Å². The van der Waals surface area contributed by atoms with Gasteiger partial charge in [-0.2, -0.15) is 0 Å². The van der Waals surface area contributed by atoms with Crippen LogP contribution in [0.4, 0.5) is 8.78 Å². The summed E-state index contributed by atoms with van der Waals surface area (Å²) in [6, 6.07) is 3.66. The van der Waals surface area contributed by atoms with E-state index in [-0.39, 0.29) is 23.7 Å². The van der Waals surface area contributed by atoms with Gasteiger partial charge in [0, 0.05) is 0 Å². The van der Waals surface area contributed by atoms with E-state index in [9.17, 15) is 18.4 Å². The third-order valence-corrected chi connectivity index (χ3v) is 3.48. The summed E-state index contributed by atoms with van der Waals surface area (Å²) in [6.07, 6.45) is -3.41. The minimum absolute atomic E-state index is 0.0860. The Labute approximate surface area is 151 Å². The number of carbonyl (C=O) groups excluding carboxylic acids is 2. The second kappa shape index (κ2) is 8.33. The highest BCUT2D eigenvalue weighted by Crippen LogP contribution is 2.39. The number of carbonyl (C=O) groups is 2. The van der Waals surface area contributed by atoms with E-state index >= 15 is 0 Å². The van der Waals surface area contributed by atoms with Gasteiger partial charge in [0.25, 0.3) is 6.43 Å². The van der Waals surface area contributed by atoms with Crippen LogP contribution >= 0.6 is 0 Å². The highest BCUT2D eigenvalue weighted by atomic mass is 19.3. The predicted octanol–water partition coefficient (Wildman–Crippen LogP) is 3.11. The van der Waals surface area contributed by atoms with Crippen molar-refractivity contribution in [2.45, 2.75) is 45.1 Å². The lowest BCUT2D eigenvalue weighted by Gasteiger charge is -2.32. The van der Waals surface area contributed by atoms with E-state index in [0.29, 0.717) is 0 Å². The molecule has 0 fully saturated rings. The van der Waals surface area contributed by atoms with Crippen molar-refractivity contribution in [2.75, 3.05) is 20.8 Å². The van der Waals surface area contributed by atoms with Crippen molar-refractivity contribution in [3.05, 3.63) is 23.8 Å². The van der Waals surface area contributed by atoms with Gasteiger partial charge >= 0.3 is 11.9 Å². The number of methoxy groups -OCH3 is 2. The predicted molar refractivity (Wildman–Crippen MR) is 89.7 cm³/mol. The van der Waals surface area contributed by atoms with Crippen LogP contribution in [0.3, 0.4) is 0 Å². The fraction of sp³-hybridized carbons (Fsp3) is 0.556. The molecule has 0 aliphatic carbocycles. The Morgan fingerprint density at radius 1 is 1.04 bits per heavy atom. The van der Waals surface area contributed by atoms with Gasteiger partial charge in [-0.05, 0) is 45.4 Å². The van der Waals surface area contributed by atoms with E-state index in [0.717, 1.165) is 6.07 Å². The molecule has 1 aromatic carbocycles. The molecule has 1 rings (SSSR count). The van der Waals surface area contributed by atoms with Crippen molar-refractivity contribution in [3.8, 4) is 11.5 Å². The zero-order valence-electron chi connectivity index (χ0n) is 15.7. The van der Waals surface area contributed by atoms with Gasteiger partial charge in [0.05, 0.1) is 20.8 Å². The van der Waals surface area contributed by atoms with Crippen LogP contribution < -0.4 is 9.47 Å². The molecule has 26 heavy (non-hydrogen) atoms. The van der Waals surface area contributed by atoms with Gasteiger partial charge in [0.15, 0.2) is 11.5 Å². The summed E-state index contributed by atoms with van der Waals surface area (Å²) >= 11 is 0. The van der Waals surface area contributed by atoms with Crippen LogP contribution in [0, 0.1) is 0 Å². The molecule has 0 saturated carbocycles. The van der Waals surface area contributed by atoms with Gasteiger partial charge < -0.3 is 18.9 Å². The van der Waals surface area contributed by atoms with Crippen LogP contribution in [-0.2, 0) is 24.5 Å². The summed E-state index contributed by atoms with van der Waals surface area (Å²) in [6.45, 7) is 5.82. The van der Waals surface area contributed by atoms with Crippen molar-refractivity contribution in [1.82, 2.24) is 0 Å². The highest BCUT2D eigenvalue weighted by molar-refractivity contribution is 6.07. The Morgan fingerprint density at radius 2 is 1.62 bits per heavy atom. The Kier molecular flexibility index (Phi) is 6.94. The fourth-order valence-electron chi connectivity index (χ4n) is 2.31. The minimum Gasteiger partial charge on any atom is -0.493 e. The zero-order valence-corrected chi connectivity index (χ0v) is 15.7. The second-order valence-corrected chi connectivity index (χ2v) is 6.40. The first kappa shape index (κ1) is 21.7. The van der Waals surface area contributed by atoms with Gasteiger partial charge in [-0.3, -0.25) is 9.59 Å². The summed E-state index contributed by atoms with van der Waals surface area (Å²) in [5.74, 6) is -2.45. The number of ether oxygens (including phenoxy) is 4. The Morgan fingerprint density at radius 3 is 2.04 bits per heavy atom. The van der Waals surface area contributed by atoms with Gasteiger partial charge in [-0.1, -0.05) is 6.07 Å². The largest absolute Gasteiger partial charge is 0.493 e. The standard InChI is InChI=1S/C18H24F2O6/c1-7-25-15(21)18(14(19)20,16(22)26-17(2,3)4)11-8-9-12(23-5)13(10-11)24-6/h8-10,14H,7H2,1-6H3. The summed E-state index contributed by atoms with van der Waals surface area (Å²) in [5, 5.41) is 0. The molecule has 0 bridgehead atoms. The molecule has 0 radical (unpaired) electrons. The molecule has 0 saturated heterocycles. The summed E-state index contributed by atoms with van der Waals surface area (Å²) in [5.41, 5.74) is -4.33. The van der Waals surface area contributed by atoms with Crippen molar-refractivity contribution in [3.63, 3.8) is 0 Å². The summed E-state index contributed by atoms with van der Waals surface area (Å²) in [7, 11) is 2.68. The third kappa shape index (κ3) is 4.23. The van der Waals surface area contributed by atoms with Crippen molar-refractivity contribution >= 4 is 11.9 Å². The van der Waals surface area contributed by atoms with Gasteiger partial charge in [0.2, 0.25) is 5.41 Å². The first-order valence-electron chi connectivity index (χ1n) is 7.95. The van der Waals surface area contributed by atoms with Crippen molar-refractivity contribution in [2.24, 2.45) is 0 Å². The molecule has 146 valence electrons. The molecule has 1 aromatic rings. The molecule has 0 heterocycles. The normalized spacial score (nSPS) is 13.7. The summed E-state index contributed by atoms with van der Waals surface area (Å²) in [4.78, 5) is 25.2. The molecule has 0 aliphatic heterocycles. The van der Waals surface area contributed by atoms with E-state index in [4.69, 9.17) is 18.9 Å². The number of halogens is 2. The van der Waals surface area contributed by atoms with Crippen LogP contribution in [0.15, 0.2) is 18.2 Å². The molecule has 0 aromatic heterocycles. The number of hydrogen-bond donors (Lipinski definition) is 0. The van der Waals surface area contributed by atoms with E-state index in [1.807, 2.05) is 0 Å². The van der Waals surface area contributed by atoms with Crippen molar-refractivity contribution < 1.29 is 37.3 Å². The summed E-state index contributed by atoms with van der Waals surface area (Å²) < 4.78 is 48.5. The minimum atomic E-state index is -3.41. The van der Waals surface area contributed by atoms with E-state index in [2.05, 4.69) is 0 Å². The maximum atomic E-state index is 14.2. The zero-order chi connectivity index (χ0) is 20.1. The number of hydrogen-bond acceptors (Lipinski definition) is 6. The Bertz CT molecular complexity index is 654. The smallest absolute Gasteiger partial charge is 0.334 e. The lowest BCUT2D eigenvalue weighted by Crippen LogP contribution is -2.53. The average Bonchev–Trinajstić information content (AvgIpc) is 2.53. The lowest BCUT2D eigenvalue weighted by atomic mass is 9.80. The molecule has 6 nitrogen and oxygen atoms in total. The first-order valence-corrected chi connectivity index (χ1v) is 7.95. The lowest BCUT2D eigenvalue weighted by molar-refractivity contribution is -0.180. The quantitative estimate of drug-likeness (QED) is 0.539. The maximum Gasteiger partial charge on any atom is 0.334 e. The van der Waals surface area contributed by atoms with Crippen LogP contribution in [-0.4, -0.2) is 44.8 Å². The number of benzene rings is 1. The molecule has 0 aliphatic rings. The van der Waals surface area contributed by atoms with E-state index in [1.165, 1.54) is 54.0 Å². The van der Waals surface area contributed by atoms with Crippen LogP contribution in [0.25, 0.3) is 0 Å². The van der Waals surface area contributed by atoms with Gasteiger partial charge in [0.1, 0.15) is 5.60 Å². The molecule has 0 amide bonds.